The molecule has 0 radical (unpaired) electrons. The third-order valence-electron chi connectivity index (χ3n) is 4.46. The van der Waals surface area contributed by atoms with E-state index in [1.54, 1.807) is 11.3 Å². The normalized spacial score (nSPS) is 21.4. The number of benzene rings is 1. The zero-order valence-electron chi connectivity index (χ0n) is 12.9. The molecule has 23 heavy (non-hydrogen) atoms. The van der Waals surface area contributed by atoms with Gasteiger partial charge in [0.15, 0.2) is 0 Å². The van der Waals surface area contributed by atoms with Crippen molar-refractivity contribution in [1.29, 1.82) is 0 Å². The fourth-order valence-corrected chi connectivity index (χ4v) is 4.23. The maximum absolute atomic E-state index is 6.15. The van der Waals surface area contributed by atoms with Crippen molar-refractivity contribution < 1.29 is 4.74 Å². The number of aromatic nitrogens is 2. The lowest BCUT2D eigenvalue weighted by molar-refractivity contribution is 0.229. The van der Waals surface area contributed by atoms with Crippen molar-refractivity contribution >= 4 is 28.1 Å². The average molecular weight is 350 g/mol. The predicted molar refractivity (Wildman–Crippen MR) is 93.8 cm³/mol. The Morgan fingerprint density at radius 1 is 1.22 bits per heavy atom. The first-order valence-corrected chi connectivity index (χ1v) is 9.45. The summed E-state index contributed by atoms with van der Waals surface area (Å²) in [6, 6.07) is 7.67. The van der Waals surface area contributed by atoms with Crippen molar-refractivity contribution in [3.05, 3.63) is 34.3 Å². The van der Waals surface area contributed by atoms with Gasteiger partial charge in [0.25, 0.3) is 0 Å². The van der Waals surface area contributed by atoms with Gasteiger partial charge >= 0.3 is 0 Å². The molecule has 2 heterocycles. The van der Waals surface area contributed by atoms with Gasteiger partial charge in [0.2, 0.25) is 5.13 Å². The molecule has 122 valence electrons. The minimum absolute atomic E-state index is 0.508. The van der Waals surface area contributed by atoms with Crippen LogP contribution in [0.4, 0.5) is 5.13 Å². The van der Waals surface area contributed by atoms with E-state index in [2.05, 4.69) is 15.1 Å². The summed E-state index contributed by atoms with van der Waals surface area (Å²) in [7, 11) is 0. The Balaban J connectivity index is 1.35. The van der Waals surface area contributed by atoms with Crippen molar-refractivity contribution in [2.45, 2.75) is 31.6 Å². The predicted octanol–water partition coefficient (Wildman–Crippen LogP) is 4.36. The number of hydrogen-bond acceptors (Lipinski definition) is 5. The first kappa shape index (κ1) is 15.2. The topological polar surface area (TPSA) is 38.2 Å². The first-order chi connectivity index (χ1) is 11.3. The van der Waals surface area contributed by atoms with Gasteiger partial charge in [-0.3, -0.25) is 0 Å². The highest BCUT2D eigenvalue weighted by Gasteiger charge is 2.29. The summed E-state index contributed by atoms with van der Waals surface area (Å²) < 4.78 is 5.92. The molecule has 0 spiro atoms. The molecule has 4 nitrogen and oxygen atoms in total. The molecule has 1 unspecified atom stereocenters. The standard InChI is InChI=1S/C17H20ClN3OS/c18-14-5-1-2-6-15(14)22-11-12-4-3-9-21(10-12)17-20-19-16(23-17)13-7-8-13/h1-2,5-6,12-13H,3-4,7-11H2. The zero-order chi connectivity index (χ0) is 15.6. The maximum atomic E-state index is 6.15. The van der Waals surface area contributed by atoms with Gasteiger partial charge in [-0.15, -0.1) is 10.2 Å². The van der Waals surface area contributed by atoms with Crippen LogP contribution in [0.3, 0.4) is 0 Å². The van der Waals surface area contributed by atoms with Gasteiger partial charge in [-0.1, -0.05) is 35.1 Å². The van der Waals surface area contributed by atoms with Gasteiger partial charge in [-0.25, -0.2) is 0 Å². The van der Waals surface area contributed by atoms with Crippen molar-refractivity contribution in [3.8, 4) is 5.75 Å². The van der Waals surface area contributed by atoms with Crippen molar-refractivity contribution in [1.82, 2.24) is 10.2 Å². The molecular weight excluding hydrogens is 330 g/mol. The minimum atomic E-state index is 0.508. The van der Waals surface area contributed by atoms with E-state index in [1.165, 1.54) is 30.7 Å². The van der Waals surface area contributed by atoms with E-state index in [0.29, 0.717) is 23.5 Å². The molecule has 0 amide bonds. The number of nitrogens with zero attached hydrogens (tertiary/aromatic N) is 3. The summed E-state index contributed by atoms with van der Waals surface area (Å²) in [5.41, 5.74) is 0. The quantitative estimate of drug-likeness (QED) is 0.803. The number of hydrogen-bond donors (Lipinski definition) is 0. The summed E-state index contributed by atoms with van der Waals surface area (Å²) in [5.74, 6) is 1.97. The van der Waals surface area contributed by atoms with Crippen LogP contribution in [0, 0.1) is 5.92 Å². The Morgan fingerprint density at radius 2 is 2.09 bits per heavy atom. The number of para-hydroxylation sites is 1. The SMILES string of the molecule is Clc1ccccc1OCC1CCCN(c2nnc(C3CC3)s2)C1. The Bertz CT molecular complexity index is 673. The van der Waals surface area contributed by atoms with Gasteiger partial charge in [0, 0.05) is 24.9 Å². The van der Waals surface area contributed by atoms with Crippen LogP contribution in [0.2, 0.25) is 5.02 Å². The molecule has 1 atom stereocenters. The van der Waals surface area contributed by atoms with Crippen LogP contribution >= 0.6 is 22.9 Å². The summed E-state index contributed by atoms with van der Waals surface area (Å²) >= 11 is 7.92. The van der Waals surface area contributed by atoms with Crippen LogP contribution in [0.15, 0.2) is 24.3 Å². The Kier molecular flexibility index (Phi) is 4.40. The molecule has 1 saturated carbocycles. The lowest BCUT2D eigenvalue weighted by atomic mass is 9.99. The van der Waals surface area contributed by atoms with Crippen molar-refractivity contribution in [3.63, 3.8) is 0 Å². The van der Waals surface area contributed by atoms with E-state index in [-0.39, 0.29) is 0 Å². The van der Waals surface area contributed by atoms with Crippen molar-refractivity contribution in [2.24, 2.45) is 5.92 Å². The Labute approximate surface area is 145 Å². The van der Waals surface area contributed by atoms with Crippen LogP contribution in [-0.4, -0.2) is 29.9 Å². The van der Waals surface area contributed by atoms with Crippen molar-refractivity contribution in [2.75, 3.05) is 24.6 Å². The third-order valence-corrected chi connectivity index (χ3v) is 5.92. The summed E-state index contributed by atoms with van der Waals surface area (Å²) in [6.45, 7) is 2.76. The molecule has 0 bridgehead atoms. The van der Waals surface area contributed by atoms with Gasteiger partial charge in [0.05, 0.1) is 11.6 Å². The Hall–Kier alpha value is -1.33. The molecule has 4 rings (SSSR count). The molecule has 1 aliphatic heterocycles. The molecule has 2 aliphatic rings. The van der Waals surface area contributed by atoms with Gasteiger partial charge in [-0.05, 0) is 37.8 Å². The lowest BCUT2D eigenvalue weighted by Crippen LogP contribution is -2.37. The molecule has 0 N–H and O–H groups in total. The van der Waals surface area contributed by atoms with Gasteiger partial charge < -0.3 is 9.64 Å². The van der Waals surface area contributed by atoms with E-state index in [0.717, 1.165) is 24.0 Å². The number of anilines is 1. The highest BCUT2D eigenvalue weighted by atomic mass is 35.5. The third kappa shape index (κ3) is 3.61. The highest BCUT2D eigenvalue weighted by molar-refractivity contribution is 7.15. The second-order valence-corrected chi connectivity index (χ2v) is 7.79. The van der Waals surface area contributed by atoms with Crippen LogP contribution < -0.4 is 9.64 Å². The number of rotatable bonds is 5. The second-order valence-electron chi connectivity index (χ2n) is 6.39. The fraction of sp³-hybridized carbons (Fsp3) is 0.529. The molecule has 2 fully saturated rings. The van der Waals surface area contributed by atoms with Crippen LogP contribution in [0.5, 0.6) is 5.75 Å². The largest absolute Gasteiger partial charge is 0.492 e. The second kappa shape index (κ2) is 6.65. The first-order valence-electron chi connectivity index (χ1n) is 8.25. The fourth-order valence-electron chi connectivity index (χ4n) is 2.99. The molecule has 1 aliphatic carbocycles. The molecule has 1 saturated heterocycles. The Morgan fingerprint density at radius 3 is 2.91 bits per heavy atom. The summed E-state index contributed by atoms with van der Waals surface area (Å²) in [4.78, 5) is 2.37. The van der Waals surface area contributed by atoms with E-state index >= 15 is 0 Å². The molecule has 2 aromatic rings. The van der Waals surface area contributed by atoms with Crippen LogP contribution in [0.25, 0.3) is 0 Å². The maximum Gasteiger partial charge on any atom is 0.208 e. The highest BCUT2D eigenvalue weighted by Crippen LogP contribution is 2.43. The van der Waals surface area contributed by atoms with Gasteiger partial charge in [-0.2, -0.15) is 0 Å². The smallest absolute Gasteiger partial charge is 0.208 e. The minimum Gasteiger partial charge on any atom is -0.492 e. The number of ether oxygens (including phenoxy) is 1. The number of halogens is 1. The molecule has 1 aromatic carbocycles. The van der Waals surface area contributed by atoms with Gasteiger partial charge in [0.1, 0.15) is 10.8 Å². The zero-order valence-corrected chi connectivity index (χ0v) is 14.5. The monoisotopic (exact) mass is 349 g/mol. The summed E-state index contributed by atoms with van der Waals surface area (Å²) in [6.07, 6.45) is 4.93. The summed E-state index contributed by atoms with van der Waals surface area (Å²) in [5, 5.41) is 11.7. The molecular formula is C17H20ClN3OS. The van der Waals surface area contributed by atoms with E-state index < -0.39 is 0 Å². The molecule has 6 heteroatoms. The molecule has 1 aromatic heterocycles. The van der Waals surface area contributed by atoms with E-state index in [1.807, 2.05) is 24.3 Å². The van der Waals surface area contributed by atoms with E-state index in [4.69, 9.17) is 16.3 Å². The van der Waals surface area contributed by atoms with E-state index in [9.17, 15) is 0 Å². The number of piperidine rings is 1. The lowest BCUT2D eigenvalue weighted by Gasteiger charge is -2.32. The van der Waals surface area contributed by atoms with Crippen LogP contribution in [-0.2, 0) is 0 Å². The van der Waals surface area contributed by atoms with Crippen LogP contribution in [0.1, 0.15) is 36.6 Å². The average Bonchev–Trinajstić information content (AvgIpc) is 3.31.